The average molecular weight is 192 g/mol. The molecule has 76 valence electrons. The number of ketones is 1. The van der Waals surface area contributed by atoms with Crippen LogP contribution in [-0.2, 0) is 11.2 Å². The van der Waals surface area contributed by atoms with Crippen LogP contribution in [-0.4, -0.2) is 10.9 Å². The summed E-state index contributed by atoms with van der Waals surface area (Å²) in [6.07, 6.45) is 0.312. The van der Waals surface area contributed by atoms with Gasteiger partial charge in [0, 0.05) is 12.0 Å². The molecular formula is C12H16O2. The zero-order valence-electron chi connectivity index (χ0n) is 8.87. The van der Waals surface area contributed by atoms with Crippen LogP contribution in [0.25, 0.3) is 0 Å². The Morgan fingerprint density at radius 1 is 1.43 bits per heavy atom. The number of hydrogen-bond acceptors (Lipinski definition) is 2. The van der Waals surface area contributed by atoms with Crippen LogP contribution in [0.1, 0.15) is 37.8 Å². The highest BCUT2D eigenvalue weighted by molar-refractivity contribution is 5.79. The highest BCUT2D eigenvalue weighted by Crippen LogP contribution is 2.23. The van der Waals surface area contributed by atoms with Gasteiger partial charge in [0.05, 0.1) is 0 Å². The lowest BCUT2D eigenvalue weighted by molar-refractivity contribution is -0.116. The number of phenols is 1. The molecule has 1 aromatic carbocycles. The Balaban J connectivity index is 3.02. The fourth-order valence-electron chi connectivity index (χ4n) is 1.37. The maximum absolute atomic E-state index is 10.9. The number of carbonyl (C=O) groups is 1. The van der Waals surface area contributed by atoms with Crippen LogP contribution >= 0.6 is 0 Å². The van der Waals surface area contributed by atoms with Gasteiger partial charge in [-0.2, -0.15) is 0 Å². The molecule has 2 heteroatoms. The molecule has 0 saturated carbocycles. The van der Waals surface area contributed by atoms with Crippen LogP contribution in [0.2, 0.25) is 0 Å². The molecule has 1 aromatic rings. The summed E-state index contributed by atoms with van der Waals surface area (Å²) in [5.41, 5.74) is 1.88. The molecule has 1 N–H and O–H groups in total. The first-order valence-corrected chi connectivity index (χ1v) is 4.82. The number of carbonyl (C=O) groups excluding carboxylic acids is 1. The van der Waals surface area contributed by atoms with E-state index in [2.05, 4.69) is 13.8 Å². The van der Waals surface area contributed by atoms with Crippen LogP contribution < -0.4 is 0 Å². The number of aromatic hydroxyl groups is 1. The summed E-state index contributed by atoms with van der Waals surface area (Å²) >= 11 is 0. The largest absolute Gasteiger partial charge is 0.508 e. The number of rotatable bonds is 3. The fraction of sp³-hybridized carbons (Fsp3) is 0.417. The van der Waals surface area contributed by atoms with E-state index < -0.39 is 0 Å². The molecule has 0 unspecified atom stereocenters. The second-order valence-corrected chi connectivity index (χ2v) is 3.92. The molecule has 0 fully saturated rings. The van der Waals surface area contributed by atoms with Crippen molar-refractivity contribution >= 4 is 5.78 Å². The summed E-state index contributed by atoms with van der Waals surface area (Å²) in [4.78, 5) is 10.9. The first-order valence-electron chi connectivity index (χ1n) is 4.82. The van der Waals surface area contributed by atoms with Crippen molar-refractivity contribution < 1.29 is 9.90 Å². The van der Waals surface area contributed by atoms with Crippen LogP contribution in [0, 0.1) is 0 Å². The molecule has 0 aliphatic rings. The number of Topliss-reactive ketones (excluding diaryl/α,β-unsaturated/α-hetero) is 1. The number of benzene rings is 1. The summed E-state index contributed by atoms with van der Waals surface area (Å²) in [5.74, 6) is 0.701. The minimum absolute atomic E-state index is 0.0706. The molecular weight excluding hydrogens is 176 g/mol. The zero-order valence-corrected chi connectivity index (χ0v) is 8.87. The Morgan fingerprint density at radius 3 is 2.57 bits per heavy atom. The van der Waals surface area contributed by atoms with E-state index in [1.807, 2.05) is 12.1 Å². The minimum Gasteiger partial charge on any atom is -0.508 e. The van der Waals surface area contributed by atoms with E-state index in [0.717, 1.165) is 11.1 Å². The quantitative estimate of drug-likeness (QED) is 0.799. The van der Waals surface area contributed by atoms with Gasteiger partial charge in [-0.15, -0.1) is 0 Å². The normalized spacial score (nSPS) is 10.6. The third-order valence-corrected chi connectivity index (χ3v) is 2.21. The van der Waals surface area contributed by atoms with E-state index in [4.69, 9.17) is 0 Å². The summed E-state index contributed by atoms with van der Waals surface area (Å²) in [5, 5.41) is 9.51. The van der Waals surface area contributed by atoms with Gasteiger partial charge < -0.3 is 5.11 Å². The monoisotopic (exact) mass is 192 g/mol. The molecule has 0 radical (unpaired) electrons. The summed E-state index contributed by atoms with van der Waals surface area (Å²) in [6, 6.07) is 5.46. The first kappa shape index (κ1) is 10.8. The lowest BCUT2D eigenvalue weighted by Gasteiger charge is -2.08. The van der Waals surface area contributed by atoms with Crippen molar-refractivity contribution in [2.75, 3.05) is 0 Å². The highest BCUT2D eigenvalue weighted by atomic mass is 16.3. The van der Waals surface area contributed by atoms with Gasteiger partial charge in [-0.3, -0.25) is 4.79 Å². The third kappa shape index (κ3) is 2.59. The summed E-state index contributed by atoms with van der Waals surface area (Å²) in [7, 11) is 0. The lowest BCUT2D eigenvalue weighted by Crippen LogP contribution is -1.98. The van der Waals surface area contributed by atoms with Gasteiger partial charge in [0.25, 0.3) is 0 Å². The Bertz CT molecular complexity index is 340. The van der Waals surface area contributed by atoms with Gasteiger partial charge in [-0.05, 0) is 24.5 Å². The second kappa shape index (κ2) is 4.27. The van der Waals surface area contributed by atoms with Crippen molar-refractivity contribution in [3.8, 4) is 5.75 Å². The van der Waals surface area contributed by atoms with E-state index in [0.29, 0.717) is 12.3 Å². The summed E-state index contributed by atoms with van der Waals surface area (Å²) < 4.78 is 0. The van der Waals surface area contributed by atoms with E-state index >= 15 is 0 Å². The highest BCUT2D eigenvalue weighted by Gasteiger charge is 2.07. The van der Waals surface area contributed by atoms with E-state index in [-0.39, 0.29) is 11.5 Å². The van der Waals surface area contributed by atoms with Crippen LogP contribution in [0.15, 0.2) is 18.2 Å². The Morgan fingerprint density at radius 2 is 2.07 bits per heavy atom. The molecule has 0 amide bonds. The Labute approximate surface area is 84.6 Å². The Hall–Kier alpha value is -1.31. The molecule has 0 bridgehead atoms. The van der Waals surface area contributed by atoms with Crippen molar-refractivity contribution in [3.63, 3.8) is 0 Å². The molecule has 0 saturated heterocycles. The van der Waals surface area contributed by atoms with Crippen LogP contribution in [0.3, 0.4) is 0 Å². The Kier molecular flexibility index (Phi) is 3.28. The van der Waals surface area contributed by atoms with Gasteiger partial charge in [0.1, 0.15) is 11.5 Å². The van der Waals surface area contributed by atoms with Crippen LogP contribution in [0.4, 0.5) is 0 Å². The van der Waals surface area contributed by atoms with Gasteiger partial charge in [-0.25, -0.2) is 0 Å². The molecule has 14 heavy (non-hydrogen) atoms. The molecule has 0 spiro atoms. The van der Waals surface area contributed by atoms with Crippen molar-refractivity contribution in [1.29, 1.82) is 0 Å². The predicted octanol–water partition coefficient (Wildman–Crippen LogP) is 2.65. The lowest BCUT2D eigenvalue weighted by atomic mass is 9.98. The molecule has 0 aliphatic carbocycles. The molecule has 0 heterocycles. The van der Waals surface area contributed by atoms with Crippen molar-refractivity contribution in [2.24, 2.45) is 0 Å². The molecule has 0 aliphatic heterocycles. The van der Waals surface area contributed by atoms with Gasteiger partial charge >= 0.3 is 0 Å². The topological polar surface area (TPSA) is 37.3 Å². The predicted molar refractivity (Wildman–Crippen MR) is 56.6 cm³/mol. The first-order chi connectivity index (χ1) is 6.50. The average Bonchev–Trinajstić information content (AvgIpc) is 2.07. The van der Waals surface area contributed by atoms with Gasteiger partial charge in [0.2, 0.25) is 0 Å². The fourth-order valence-corrected chi connectivity index (χ4v) is 1.37. The van der Waals surface area contributed by atoms with Crippen molar-refractivity contribution in [1.82, 2.24) is 0 Å². The molecule has 0 atom stereocenters. The SMILES string of the molecule is CC(=O)Cc1cc(C(C)C)ccc1O. The molecule has 1 rings (SSSR count). The van der Waals surface area contributed by atoms with Gasteiger partial charge in [-0.1, -0.05) is 26.0 Å². The minimum atomic E-state index is 0.0706. The second-order valence-electron chi connectivity index (χ2n) is 3.92. The van der Waals surface area contributed by atoms with Gasteiger partial charge in [0.15, 0.2) is 0 Å². The standard InChI is InChI=1S/C12H16O2/c1-8(2)10-4-5-12(14)11(7-10)6-9(3)13/h4-5,7-8,14H,6H2,1-3H3. The van der Waals surface area contributed by atoms with E-state index in [1.165, 1.54) is 6.92 Å². The van der Waals surface area contributed by atoms with E-state index in [1.54, 1.807) is 6.07 Å². The van der Waals surface area contributed by atoms with Crippen molar-refractivity contribution in [3.05, 3.63) is 29.3 Å². The van der Waals surface area contributed by atoms with Crippen molar-refractivity contribution in [2.45, 2.75) is 33.1 Å². The number of phenolic OH excluding ortho intramolecular Hbond substituents is 1. The maximum Gasteiger partial charge on any atom is 0.134 e. The van der Waals surface area contributed by atoms with E-state index in [9.17, 15) is 9.90 Å². The smallest absolute Gasteiger partial charge is 0.134 e. The molecule has 2 nitrogen and oxygen atoms in total. The molecule has 0 aromatic heterocycles. The zero-order chi connectivity index (χ0) is 10.7. The maximum atomic E-state index is 10.9. The number of hydrogen-bond donors (Lipinski definition) is 1. The van der Waals surface area contributed by atoms with Crippen LogP contribution in [0.5, 0.6) is 5.75 Å². The third-order valence-electron chi connectivity index (χ3n) is 2.21. The summed E-state index contributed by atoms with van der Waals surface area (Å²) in [6.45, 7) is 5.70.